The van der Waals surface area contributed by atoms with Crippen LogP contribution in [0.4, 0.5) is 0 Å². The van der Waals surface area contributed by atoms with Crippen LogP contribution < -0.4 is 0 Å². The van der Waals surface area contributed by atoms with Crippen molar-refractivity contribution in [1.82, 2.24) is 0 Å². The first-order chi connectivity index (χ1) is 13.2. The van der Waals surface area contributed by atoms with E-state index in [4.69, 9.17) is 4.74 Å². The molecule has 0 heterocycles. The van der Waals surface area contributed by atoms with Crippen molar-refractivity contribution in [3.63, 3.8) is 0 Å². The normalized spacial score (nSPS) is 17.6. The highest BCUT2D eigenvalue weighted by atomic mass is 16.5. The van der Waals surface area contributed by atoms with Gasteiger partial charge in [-0.1, -0.05) is 82.0 Å². The second-order valence-electron chi connectivity index (χ2n) is 7.66. The Kier molecular flexibility index (Phi) is 6.49. The molecule has 0 radical (unpaired) electrons. The van der Waals surface area contributed by atoms with Gasteiger partial charge in [-0.05, 0) is 36.5 Å². The summed E-state index contributed by atoms with van der Waals surface area (Å²) in [6, 6.07) is 14.6. The van der Waals surface area contributed by atoms with Gasteiger partial charge in [0.05, 0.1) is 0 Å². The molecule has 0 saturated heterocycles. The first-order valence-corrected chi connectivity index (χ1v) is 10.5. The fraction of sp³-hybridized carbons (Fsp3) is 0.480. The second-order valence-corrected chi connectivity index (χ2v) is 7.66. The molecule has 0 aromatic heterocycles. The molecular weight excluding hydrogens is 332 g/mol. The van der Waals surface area contributed by atoms with E-state index in [0.717, 1.165) is 53.5 Å². The van der Waals surface area contributed by atoms with Crippen molar-refractivity contribution in [1.29, 1.82) is 0 Å². The predicted octanol–water partition coefficient (Wildman–Crippen LogP) is 6.58. The number of carbonyl (C=O) groups is 1. The third kappa shape index (κ3) is 3.60. The fourth-order valence-corrected chi connectivity index (χ4v) is 4.30. The van der Waals surface area contributed by atoms with Crippen LogP contribution in [0.1, 0.15) is 75.5 Å². The molecule has 0 spiro atoms. The predicted molar refractivity (Wildman–Crippen MR) is 112 cm³/mol. The lowest BCUT2D eigenvalue weighted by Crippen LogP contribution is -2.39. The number of benzene rings is 2. The average Bonchev–Trinajstić information content (AvgIpc) is 2.98. The maximum Gasteiger partial charge on any atom is 0.177 e. The number of carbonyl (C=O) groups excluding carboxylic acids is 1. The zero-order chi connectivity index (χ0) is 19.3. The first kappa shape index (κ1) is 19.8. The van der Waals surface area contributed by atoms with Gasteiger partial charge in [-0.15, -0.1) is 0 Å². The Hall–Kier alpha value is -1.93. The molecule has 1 aliphatic rings. The summed E-state index contributed by atoms with van der Waals surface area (Å²) in [6.45, 7) is 7.07. The van der Waals surface area contributed by atoms with E-state index in [-0.39, 0.29) is 5.78 Å². The van der Waals surface area contributed by atoms with Crippen molar-refractivity contribution in [2.45, 2.75) is 71.3 Å². The van der Waals surface area contributed by atoms with E-state index in [1.165, 1.54) is 12.8 Å². The molecule has 0 N–H and O–H groups in total. The Morgan fingerprint density at radius 3 is 2.41 bits per heavy atom. The molecule has 144 valence electrons. The molecule has 1 aliphatic carbocycles. The van der Waals surface area contributed by atoms with Crippen molar-refractivity contribution in [2.75, 3.05) is 6.61 Å². The summed E-state index contributed by atoms with van der Waals surface area (Å²) in [5.74, 6) is 0.218. The van der Waals surface area contributed by atoms with E-state index >= 15 is 0 Å². The van der Waals surface area contributed by atoms with E-state index in [0.29, 0.717) is 13.0 Å². The summed E-state index contributed by atoms with van der Waals surface area (Å²) in [5.41, 5.74) is 4.62. The standard InChI is InChI=1S/C25H32O2/c1-4-6-8-9-17-23(26)25(27-18-7-5-2)22-16-11-10-14-20(22)21-15-12-13-19(3)24(21)25/h10-16H,4-9,17-18H2,1-3H3. The molecule has 2 heteroatoms. The molecular formula is C25H32O2. The minimum Gasteiger partial charge on any atom is -0.358 e. The summed E-state index contributed by atoms with van der Waals surface area (Å²) in [4.78, 5) is 13.7. The minimum atomic E-state index is -0.932. The van der Waals surface area contributed by atoms with Crippen molar-refractivity contribution in [3.05, 3.63) is 59.2 Å². The van der Waals surface area contributed by atoms with E-state index in [9.17, 15) is 4.79 Å². The van der Waals surface area contributed by atoms with Gasteiger partial charge in [-0.3, -0.25) is 4.79 Å². The maximum absolute atomic E-state index is 13.7. The van der Waals surface area contributed by atoms with E-state index in [1.54, 1.807) is 0 Å². The van der Waals surface area contributed by atoms with Gasteiger partial charge >= 0.3 is 0 Å². The largest absolute Gasteiger partial charge is 0.358 e. The average molecular weight is 365 g/mol. The van der Waals surface area contributed by atoms with Gasteiger partial charge < -0.3 is 4.74 Å². The highest BCUT2D eigenvalue weighted by Gasteiger charge is 2.50. The van der Waals surface area contributed by atoms with E-state index in [1.807, 2.05) is 6.07 Å². The maximum atomic E-state index is 13.7. The highest BCUT2D eigenvalue weighted by Crippen LogP contribution is 2.52. The molecule has 2 aromatic rings. The second kappa shape index (κ2) is 8.84. The number of hydrogen-bond acceptors (Lipinski definition) is 2. The smallest absolute Gasteiger partial charge is 0.177 e. The quantitative estimate of drug-likeness (QED) is 0.445. The molecule has 0 amide bonds. The van der Waals surface area contributed by atoms with Crippen LogP contribution >= 0.6 is 0 Å². The first-order valence-electron chi connectivity index (χ1n) is 10.5. The molecule has 0 saturated carbocycles. The van der Waals surface area contributed by atoms with Crippen LogP contribution in [0, 0.1) is 6.92 Å². The SMILES string of the molecule is CCCCCCC(=O)C1(OCCCC)c2ccccc2-c2cccc(C)c21. The Morgan fingerprint density at radius 2 is 1.63 bits per heavy atom. The summed E-state index contributed by atoms with van der Waals surface area (Å²) in [5, 5.41) is 0. The Bertz CT molecular complexity index is 793. The third-order valence-corrected chi connectivity index (χ3v) is 5.69. The highest BCUT2D eigenvalue weighted by molar-refractivity contribution is 6.00. The number of unbranched alkanes of at least 4 members (excludes halogenated alkanes) is 4. The number of aryl methyl sites for hydroxylation is 1. The lowest BCUT2D eigenvalue weighted by Gasteiger charge is -2.32. The van der Waals surface area contributed by atoms with Crippen LogP contribution in [0.3, 0.4) is 0 Å². The number of Topliss-reactive ketones (excluding diaryl/α,β-unsaturated/α-hetero) is 1. The monoisotopic (exact) mass is 364 g/mol. The van der Waals surface area contributed by atoms with Crippen molar-refractivity contribution >= 4 is 5.78 Å². The molecule has 3 rings (SSSR count). The van der Waals surface area contributed by atoms with E-state index < -0.39 is 5.60 Å². The number of ether oxygens (including phenoxy) is 1. The van der Waals surface area contributed by atoms with Gasteiger partial charge in [-0.25, -0.2) is 0 Å². The van der Waals surface area contributed by atoms with Crippen LogP contribution in [-0.4, -0.2) is 12.4 Å². The van der Waals surface area contributed by atoms with Crippen LogP contribution in [-0.2, 0) is 15.1 Å². The van der Waals surface area contributed by atoms with Crippen molar-refractivity contribution in [3.8, 4) is 11.1 Å². The molecule has 2 aromatic carbocycles. The molecule has 0 bridgehead atoms. The van der Waals surface area contributed by atoms with Crippen LogP contribution in [0.25, 0.3) is 11.1 Å². The fourth-order valence-electron chi connectivity index (χ4n) is 4.30. The Morgan fingerprint density at radius 1 is 0.889 bits per heavy atom. The third-order valence-electron chi connectivity index (χ3n) is 5.69. The van der Waals surface area contributed by atoms with Gasteiger partial charge in [0.15, 0.2) is 11.4 Å². The van der Waals surface area contributed by atoms with Crippen LogP contribution in [0.5, 0.6) is 0 Å². The molecule has 27 heavy (non-hydrogen) atoms. The molecule has 1 unspecified atom stereocenters. The van der Waals surface area contributed by atoms with Gasteiger partial charge in [0, 0.05) is 24.2 Å². The number of fused-ring (bicyclic) bond motifs is 3. The zero-order valence-electron chi connectivity index (χ0n) is 17.0. The van der Waals surface area contributed by atoms with Gasteiger partial charge in [0.2, 0.25) is 0 Å². The molecule has 0 aliphatic heterocycles. The van der Waals surface area contributed by atoms with Crippen molar-refractivity contribution < 1.29 is 9.53 Å². The van der Waals surface area contributed by atoms with E-state index in [2.05, 4.69) is 57.2 Å². The lowest BCUT2D eigenvalue weighted by atomic mass is 9.82. The Labute approximate surface area is 164 Å². The number of hydrogen-bond donors (Lipinski definition) is 0. The summed E-state index contributed by atoms with van der Waals surface area (Å²) < 4.78 is 6.53. The minimum absolute atomic E-state index is 0.218. The molecule has 1 atom stereocenters. The van der Waals surface area contributed by atoms with Gasteiger partial charge in [0.1, 0.15) is 0 Å². The van der Waals surface area contributed by atoms with Crippen LogP contribution in [0.2, 0.25) is 0 Å². The van der Waals surface area contributed by atoms with Crippen LogP contribution in [0.15, 0.2) is 42.5 Å². The lowest BCUT2D eigenvalue weighted by molar-refractivity contribution is -0.140. The van der Waals surface area contributed by atoms with Gasteiger partial charge in [-0.2, -0.15) is 0 Å². The number of ketones is 1. The Balaban J connectivity index is 2.07. The van der Waals surface area contributed by atoms with Crippen molar-refractivity contribution in [2.24, 2.45) is 0 Å². The summed E-state index contributed by atoms with van der Waals surface area (Å²) in [7, 11) is 0. The van der Waals surface area contributed by atoms with Gasteiger partial charge in [0.25, 0.3) is 0 Å². The topological polar surface area (TPSA) is 26.3 Å². The molecule has 2 nitrogen and oxygen atoms in total. The number of rotatable bonds is 10. The molecule has 0 fully saturated rings. The zero-order valence-corrected chi connectivity index (χ0v) is 17.0. The summed E-state index contributed by atoms with van der Waals surface area (Å²) >= 11 is 0. The summed E-state index contributed by atoms with van der Waals surface area (Å²) in [6.07, 6.45) is 7.01.